The minimum atomic E-state index is -0.259. The maximum Gasteiger partial charge on any atom is 0.227 e. The minimum Gasteiger partial charge on any atom is -0.389 e. The Labute approximate surface area is 142 Å². The highest BCUT2D eigenvalue weighted by Crippen LogP contribution is 2.28. The van der Waals surface area contributed by atoms with Gasteiger partial charge < -0.3 is 24.8 Å². The Bertz CT molecular complexity index is 553. The highest BCUT2D eigenvalue weighted by Gasteiger charge is 2.29. The number of nitrogens with zero attached hydrogens (tertiary/aromatic N) is 3. The Morgan fingerprint density at radius 1 is 1.12 bits per heavy atom. The summed E-state index contributed by atoms with van der Waals surface area (Å²) in [6.07, 6.45) is 2.96. The van der Waals surface area contributed by atoms with E-state index in [1.54, 1.807) is 0 Å². The van der Waals surface area contributed by atoms with E-state index < -0.39 is 0 Å². The molecule has 0 bridgehead atoms. The Balaban J connectivity index is 1.48. The molecule has 3 aliphatic rings. The van der Waals surface area contributed by atoms with Gasteiger partial charge in [0.2, 0.25) is 5.95 Å². The first-order valence-electron chi connectivity index (χ1n) is 8.99. The van der Waals surface area contributed by atoms with Crippen LogP contribution < -0.4 is 10.2 Å². The number of aromatic nitrogens is 2. The standard InChI is InChI=1S/C17H26N4O3/c22-14-9-21(10-14)17-19-15(13-3-6-24-11-13)7-16(20-17)18-8-12-1-4-23-5-2-12/h7,12-14,22H,1-6,8-11H2,(H,18,19,20)/t13-/m1/s1. The Kier molecular flexibility index (Phi) is 4.82. The van der Waals surface area contributed by atoms with Gasteiger partial charge >= 0.3 is 0 Å². The Morgan fingerprint density at radius 3 is 2.62 bits per heavy atom. The van der Waals surface area contributed by atoms with Crippen LogP contribution in [0.1, 0.15) is 30.9 Å². The monoisotopic (exact) mass is 334 g/mol. The predicted molar refractivity (Wildman–Crippen MR) is 90.5 cm³/mol. The summed E-state index contributed by atoms with van der Waals surface area (Å²) in [6.45, 7) is 5.41. The van der Waals surface area contributed by atoms with E-state index in [1.165, 1.54) is 0 Å². The summed E-state index contributed by atoms with van der Waals surface area (Å²) in [7, 11) is 0. The highest BCUT2D eigenvalue weighted by molar-refractivity contribution is 5.46. The zero-order valence-corrected chi connectivity index (χ0v) is 14.0. The molecule has 3 aliphatic heterocycles. The molecule has 24 heavy (non-hydrogen) atoms. The molecular formula is C17H26N4O3. The molecule has 0 aliphatic carbocycles. The lowest BCUT2D eigenvalue weighted by Gasteiger charge is -2.36. The predicted octanol–water partition coefficient (Wildman–Crippen LogP) is 1.000. The van der Waals surface area contributed by atoms with Gasteiger partial charge in [0.05, 0.1) is 18.4 Å². The molecule has 7 heteroatoms. The van der Waals surface area contributed by atoms with Crippen LogP contribution in [0.25, 0.3) is 0 Å². The van der Waals surface area contributed by atoms with Gasteiger partial charge in [0.1, 0.15) is 5.82 Å². The molecule has 0 aromatic carbocycles. The van der Waals surface area contributed by atoms with E-state index in [4.69, 9.17) is 14.5 Å². The third kappa shape index (κ3) is 3.63. The zero-order valence-electron chi connectivity index (χ0n) is 14.0. The molecule has 7 nitrogen and oxygen atoms in total. The molecule has 1 aromatic heterocycles. The number of aliphatic hydroxyl groups is 1. The van der Waals surface area contributed by atoms with E-state index in [1.807, 2.05) is 4.90 Å². The van der Waals surface area contributed by atoms with Crippen molar-refractivity contribution in [2.75, 3.05) is 56.3 Å². The van der Waals surface area contributed by atoms with E-state index in [9.17, 15) is 5.11 Å². The van der Waals surface area contributed by atoms with Gasteiger partial charge in [-0.1, -0.05) is 0 Å². The van der Waals surface area contributed by atoms with E-state index in [0.29, 0.717) is 24.9 Å². The molecule has 3 saturated heterocycles. The summed E-state index contributed by atoms with van der Waals surface area (Å²) in [5.74, 6) is 2.59. The van der Waals surface area contributed by atoms with Gasteiger partial charge in [-0.25, -0.2) is 4.98 Å². The topological polar surface area (TPSA) is 79.7 Å². The molecule has 132 valence electrons. The second-order valence-corrected chi connectivity index (χ2v) is 7.03. The molecule has 4 heterocycles. The van der Waals surface area contributed by atoms with Crippen molar-refractivity contribution in [2.45, 2.75) is 31.3 Å². The largest absolute Gasteiger partial charge is 0.389 e. The van der Waals surface area contributed by atoms with Crippen LogP contribution in [-0.4, -0.2) is 67.2 Å². The molecule has 0 radical (unpaired) electrons. The molecule has 1 aromatic rings. The van der Waals surface area contributed by atoms with Crippen LogP contribution in [-0.2, 0) is 9.47 Å². The summed E-state index contributed by atoms with van der Waals surface area (Å²) in [5.41, 5.74) is 1.05. The van der Waals surface area contributed by atoms with E-state index in [-0.39, 0.29) is 6.10 Å². The summed E-state index contributed by atoms with van der Waals surface area (Å²) in [6, 6.07) is 2.07. The van der Waals surface area contributed by atoms with Crippen molar-refractivity contribution < 1.29 is 14.6 Å². The first-order chi connectivity index (χ1) is 11.8. The van der Waals surface area contributed by atoms with Crippen molar-refractivity contribution in [1.82, 2.24) is 9.97 Å². The van der Waals surface area contributed by atoms with E-state index >= 15 is 0 Å². The SMILES string of the molecule is OC1CN(c2nc(NCC3CCOCC3)cc([C@@H]3CCOC3)n2)C1. The molecule has 0 unspecified atom stereocenters. The third-order valence-corrected chi connectivity index (χ3v) is 5.14. The van der Waals surface area contributed by atoms with Crippen molar-refractivity contribution in [3.05, 3.63) is 11.8 Å². The number of anilines is 2. The lowest BCUT2D eigenvalue weighted by Crippen LogP contribution is -2.51. The Hall–Kier alpha value is -1.44. The van der Waals surface area contributed by atoms with Gasteiger partial charge in [-0.2, -0.15) is 4.98 Å². The quantitative estimate of drug-likeness (QED) is 0.831. The van der Waals surface area contributed by atoms with Crippen molar-refractivity contribution in [2.24, 2.45) is 5.92 Å². The molecule has 2 N–H and O–H groups in total. The second-order valence-electron chi connectivity index (χ2n) is 7.03. The summed E-state index contributed by atoms with van der Waals surface area (Å²) < 4.78 is 10.9. The fourth-order valence-electron chi connectivity index (χ4n) is 3.48. The zero-order chi connectivity index (χ0) is 16.4. The van der Waals surface area contributed by atoms with Gasteiger partial charge in [0.25, 0.3) is 0 Å². The molecule has 1 atom stereocenters. The van der Waals surface area contributed by atoms with Gasteiger partial charge in [-0.15, -0.1) is 0 Å². The molecule has 0 spiro atoms. The van der Waals surface area contributed by atoms with Crippen LogP contribution in [0.2, 0.25) is 0 Å². The third-order valence-electron chi connectivity index (χ3n) is 5.14. The number of ether oxygens (including phenoxy) is 2. The number of β-amino-alcohol motifs (C(OH)–C–C–N with tert-alkyl or cyclic N) is 1. The maximum atomic E-state index is 9.56. The normalized spacial score (nSPS) is 25.7. The van der Waals surface area contributed by atoms with Crippen LogP contribution in [0.5, 0.6) is 0 Å². The van der Waals surface area contributed by atoms with Crippen molar-refractivity contribution in [3.63, 3.8) is 0 Å². The van der Waals surface area contributed by atoms with Gasteiger partial charge in [0, 0.05) is 51.4 Å². The number of aliphatic hydroxyl groups excluding tert-OH is 1. The lowest BCUT2D eigenvalue weighted by atomic mass is 10.0. The van der Waals surface area contributed by atoms with Crippen LogP contribution in [0.4, 0.5) is 11.8 Å². The smallest absolute Gasteiger partial charge is 0.227 e. The Morgan fingerprint density at radius 2 is 1.92 bits per heavy atom. The fraction of sp³-hybridized carbons (Fsp3) is 0.765. The molecule has 4 rings (SSSR count). The van der Waals surface area contributed by atoms with Gasteiger partial charge in [0.15, 0.2) is 0 Å². The molecule has 0 amide bonds. The highest BCUT2D eigenvalue weighted by atomic mass is 16.5. The first kappa shape index (κ1) is 16.1. The maximum absolute atomic E-state index is 9.56. The van der Waals surface area contributed by atoms with Gasteiger partial charge in [-0.05, 0) is 25.2 Å². The molecule has 3 fully saturated rings. The number of hydrogen-bond donors (Lipinski definition) is 2. The van der Waals surface area contributed by atoms with Crippen LogP contribution in [0.3, 0.4) is 0 Å². The first-order valence-corrected chi connectivity index (χ1v) is 8.99. The van der Waals surface area contributed by atoms with Crippen LogP contribution in [0, 0.1) is 5.92 Å². The average Bonchev–Trinajstić information content (AvgIpc) is 3.12. The van der Waals surface area contributed by atoms with E-state index in [0.717, 1.165) is 69.7 Å². The van der Waals surface area contributed by atoms with Crippen molar-refractivity contribution in [1.29, 1.82) is 0 Å². The summed E-state index contributed by atoms with van der Waals surface area (Å²) in [4.78, 5) is 11.4. The average molecular weight is 334 g/mol. The fourth-order valence-corrected chi connectivity index (χ4v) is 3.48. The van der Waals surface area contributed by atoms with E-state index in [2.05, 4.69) is 16.4 Å². The van der Waals surface area contributed by atoms with Crippen LogP contribution >= 0.6 is 0 Å². The second kappa shape index (κ2) is 7.21. The number of rotatable bonds is 5. The number of hydrogen-bond acceptors (Lipinski definition) is 7. The summed E-state index contributed by atoms with van der Waals surface area (Å²) in [5, 5.41) is 13.1. The summed E-state index contributed by atoms with van der Waals surface area (Å²) >= 11 is 0. The number of nitrogens with one attached hydrogen (secondary N) is 1. The van der Waals surface area contributed by atoms with Crippen molar-refractivity contribution in [3.8, 4) is 0 Å². The van der Waals surface area contributed by atoms with Crippen molar-refractivity contribution >= 4 is 11.8 Å². The van der Waals surface area contributed by atoms with Gasteiger partial charge in [-0.3, -0.25) is 0 Å². The minimum absolute atomic E-state index is 0.259. The molecular weight excluding hydrogens is 308 g/mol. The van der Waals surface area contributed by atoms with Crippen LogP contribution in [0.15, 0.2) is 6.07 Å². The lowest BCUT2D eigenvalue weighted by molar-refractivity contribution is 0.0699. The molecule has 0 saturated carbocycles.